The average Bonchev–Trinajstić information content (AvgIpc) is 2.41. The fourth-order valence-electron chi connectivity index (χ4n) is 2.37. The molecule has 2 heterocycles. The number of rotatable bonds is 1. The largest absolute Gasteiger partial charge is 0.387 e. The smallest absolute Gasteiger partial charge is 0.0923 e. The molecule has 1 aliphatic rings. The summed E-state index contributed by atoms with van der Waals surface area (Å²) >= 11 is 9.83. The van der Waals surface area contributed by atoms with Crippen molar-refractivity contribution in [3.8, 4) is 0 Å². The molecule has 1 aromatic heterocycles. The van der Waals surface area contributed by atoms with E-state index >= 15 is 0 Å². The predicted octanol–water partition coefficient (Wildman–Crippen LogP) is 3.77. The molecule has 0 saturated carbocycles. The first kappa shape index (κ1) is 12.2. The highest BCUT2D eigenvalue weighted by atomic mass is 79.9. The molecule has 1 aromatic carbocycles. The van der Waals surface area contributed by atoms with Crippen LogP contribution in [0.2, 0.25) is 5.02 Å². The molecule has 5 heteroatoms. The lowest BCUT2D eigenvalue weighted by molar-refractivity contribution is 0.110. The predicted molar refractivity (Wildman–Crippen MR) is 77.4 cm³/mol. The zero-order valence-corrected chi connectivity index (χ0v) is 12.2. The van der Waals surface area contributed by atoms with E-state index in [4.69, 9.17) is 21.3 Å². The molecule has 0 unspecified atom stereocenters. The number of anilines is 1. The summed E-state index contributed by atoms with van der Waals surface area (Å²) in [5, 5.41) is 4.96. The first-order valence-corrected chi connectivity index (χ1v) is 6.94. The summed E-state index contributed by atoms with van der Waals surface area (Å²) in [4.78, 5) is 4.70. The van der Waals surface area contributed by atoms with E-state index < -0.39 is 0 Å². The van der Waals surface area contributed by atoms with Crippen LogP contribution in [0.4, 0.5) is 5.69 Å². The highest BCUT2D eigenvalue weighted by Gasteiger charge is 2.20. The lowest BCUT2D eigenvalue weighted by Crippen LogP contribution is -2.14. The van der Waals surface area contributed by atoms with Gasteiger partial charge in [0.25, 0.3) is 0 Å². The maximum absolute atomic E-state index is 6.26. The normalized spacial score (nSPS) is 14.6. The van der Waals surface area contributed by atoms with E-state index in [2.05, 4.69) is 21.2 Å². The number of nitrogens with zero attached hydrogens (tertiary/aromatic N) is 1. The van der Waals surface area contributed by atoms with Crippen LogP contribution in [0.5, 0.6) is 0 Å². The molecular formula is C13H12BrClN2O. The molecule has 0 fully saturated rings. The van der Waals surface area contributed by atoms with Crippen molar-refractivity contribution in [1.82, 2.24) is 4.98 Å². The van der Waals surface area contributed by atoms with E-state index in [-0.39, 0.29) is 0 Å². The van der Waals surface area contributed by atoms with Crippen molar-refractivity contribution in [3.05, 3.63) is 32.9 Å². The number of halogens is 2. The van der Waals surface area contributed by atoms with Crippen molar-refractivity contribution in [1.29, 1.82) is 0 Å². The summed E-state index contributed by atoms with van der Waals surface area (Å²) in [5.74, 6) is 0. The molecule has 1 aliphatic heterocycles. The number of hydrogen-bond acceptors (Lipinski definition) is 3. The van der Waals surface area contributed by atoms with Crippen molar-refractivity contribution in [2.45, 2.75) is 13.0 Å². The van der Waals surface area contributed by atoms with Gasteiger partial charge in [-0.2, -0.15) is 0 Å². The summed E-state index contributed by atoms with van der Waals surface area (Å²) in [5.41, 5.74) is 4.12. The minimum atomic E-state index is 0.605. The standard InChI is InChI=1S/C13H12BrClN2O/c1-16-12-7-6-18-5-4-10(7)17-13-9(15)3-2-8(14)11(12)13/h2-3H,4-6H2,1H3,(H,16,17). The maximum atomic E-state index is 6.26. The van der Waals surface area contributed by atoms with E-state index in [0.29, 0.717) is 11.6 Å². The molecule has 3 nitrogen and oxygen atoms in total. The van der Waals surface area contributed by atoms with Gasteiger partial charge in [-0.1, -0.05) is 27.5 Å². The Hall–Kier alpha value is -0.840. The van der Waals surface area contributed by atoms with Crippen molar-refractivity contribution in [3.63, 3.8) is 0 Å². The van der Waals surface area contributed by atoms with Crippen LogP contribution in [0.1, 0.15) is 11.3 Å². The first-order valence-electron chi connectivity index (χ1n) is 5.77. The highest BCUT2D eigenvalue weighted by molar-refractivity contribution is 9.10. The van der Waals surface area contributed by atoms with Crippen LogP contribution in [0.15, 0.2) is 16.6 Å². The van der Waals surface area contributed by atoms with E-state index in [9.17, 15) is 0 Å². The van der Waals surface area contributed by atoms with Crippen LogP contribution in [-0.4, -0.2) is 18.6 Å². The molecule has 0 spiro atoms. The highest BCUT2D eigenvalue weighted by Crippen LogP contribution is 2.38. The Balaban J connectivity index is 2.44. The van der Waals surface area contributed by atoms with Crippen molar-refractivity contribution in [2.24, 2.45) is 0 Å². The van der Waals surface area contributed by atoms with Crippen LogP contribution in [0, 0.1) is 0 Å². The van der Waals surface area contributed by atoms with Gasteiger partial charge in [0.2, 0.25) is 0 Å². The zero-order chi connectivity index (χ0) is 12.7. The molecule has 94 valence electrons. The number of aromatic nitrogens is 1. The molecule has 0 atom stereocenters. The van der Waals surface area contributed by atoms with Gasteiger partial charge in [-0.3, -0.25) is 4.98 Å². The summed E-state index contributed by atoms with van der Waals surface area (Å²) in [6.45, 7) is 1.33. The second-order valence-electron chi connectivity index (χ2n) is 4.22. The number of benzene rings is 1. The maximum Gasteiger partial charge on any atom is 0.0923 e. The van der Waals surface area contributed by atoms with E-state index in [1.165, 1.54) is 0 Å². The zero-order valence-electron chi connectivity index (χ0n) is 9.89. The van der Waals surface area contributed by atoms with Gasteiger partial charge in [-0.05, 0) is 12.1 Å². The third-order valence-corrected chi connectivity index (χ3v) is 4.17. The number of pyridine rings is 1. The molecule has 2 aromatic rings. The summed E-state index contributed by atoms with van der Waals surface area (Å²) < 4.78 is 6.52. The number of nitrogens with one attached hydrogen (secondary N) is 1. The Morgan fingerprint density at radius 1 is 1.44 bits per heavy atom. The molecule has 18 heavy (non-hydrogen) atoms. The Bertz CT molecular complexity index is 630. The second kappa shape index (κ2) is 4.68. The lowest BCUT2D eigenvalue weighted by atomic mass is 10.0. The topological polar surface area (TPSA) is 34.2 Å². The number of fused-ring (bicyclic) bond motifs is 2. The van der Waals surface area contributed by atoms with Gasteiger partial charge in [-0.15, -0.1) is 0 Å². The molecule has 0 amide bonds. The molecule has 3 rings (SSSR count). The van der Waals surface area contributed by atoms with Gasteiger partial charge in [-0.25, -0.2) is 0 Å². The summed E-state index contributed by atoms with van der Waals surface area (Å²) in [7, 11) is 1.91. The van der Waals surface area contributed by atoms with Gasteiger partial charge in [0.15, 0.2) is 0 Å². The van der Waals surface area contributed by atoms with Gasteiger partial charge in [0.1, 0.15) is 0 Å². The third kappa shape index (κ3) is 1.79. The molecule has 0 aliphatic carbocycles. The Kier molecular flexibility index (Phi) is 3.18. The number of ether oxygens (including phenoxy) is 1. The van der Waals surface area contributed by atoms with E-state index in [1.807, 2.05) is 19.2 Å². The number of hydrogen-bond donors (Lipinski definition) is 1. The van der Waals surface area contributed by atoms with Crippen LogP contribution >= 0.6 is 27.5 Å². The SMILES string of the molecule is CNc1c2c(nc3c(Cl)ccc(Br)c13)CCOC2. The van der Waals surface area contributed by atoms with Crippen LogP contribution < -0.4 is 5.32 Å². The second-order valence-corrected chi connectivity index (χ2v) is 5.48. The van der Waals surface area contributed by atoms with Crippen molar-refractivity contribution in [2.75, 3.05) is 19.0 Å². The molecule has 0 bridgehead atoms. The van der Waals surface area contributed by atoms with Crippen molar-refractivity contribution >= 4 is 44.1 Å². The Labute approximate surface area is 119 Å². The molecule has 1 N–H and O–H groups in total. The van der Waals surface area contributed by atoms with E-state index in [1.54, 1.807) is 0 Å². The molecule has 0 radical (unpaired) electrons. The quantitative estimate of drug-likeness (QED) is 0.866. The van der Waals surface area contributed by atoms with Crippen LogP contribution in [0.3, 0.4) is 0 Å². The fourth-order valence-corrected chi connectivity index (χ4v) is 3.09. The third-order valence-electron chi connectivity index (χ3n) is 3.20. The minimum Gasteiger partial charge on any atom is -0.387 e. The van der Waals surface area contributed by atoms with Gasteiger partial charge < -0.3 is 10.1 Å². The Morgan fingerprint density at radius 2 is 2.28 bits per heavy atom. The monoisotopic (exact) mass is 326 g/mol. The van der Waals surface area contributed by atoms with Gasteiger partial charge >= 0.3 is 0 Å². The van der Waals surface area contributed by atoms with E-state index in [0.717, 1.165) is 45.3 Å². The van der Waals surface area contributed by atoms with Gasteiger partial charge in [0, 0.05) is 28.9 Å². The lowest BCUT2D eigenvalue weighted by Gasteiger charge is -2.21. The van der Waals surface area contributed by atoms with Crippen LogP contribution in [0.25, 0.3) is 10.9 Å². The van der Waals surface area contributed by atoms with Crippen LogP contribution in [-0.2, 0) is 17.8 Å². The first-order chi connectivity index (χ1) is 8.72. The van der Waals surface area contributed by atoms with Crippen molar-refractivity contribution < 1.29 is 4.74 Å². The summed E-state index contributed by atoms with van der Waals surface area (Å²) in [6.07, 6.45) is 0.836. The van der Waals surface area contributed by atoms with Gasteiger partial charge in [0.05, 0.1) is 35.1 Å². The average molecular weight is 328 g/mol. The fraction of sp³-hybridized carbons (Fsp3) is 0.308. The molecule has 0 saturated heterocycles. The summed E-state index contributed by atoms with van der Waals surface area (Å²) in [6, 6.07) is 3.81. The molecular weight excluding hydrogens is 316 g/mol. The Morgan fingerprint density at radius 3 is 3.06 bits per heavy atom. The minimum absolute atomic E-state index is 0.605.